The van der Waals surface area contributed by atoms with E-state index in [2.05, 4.69) is 31.0 Å². The molecule has 0 aliphatic heterocycles. The smallest absolute Gasteiger partial charge is 0.211 e. The summed E-state index contributed by atoms with van der Waals surface area (Å²) in [5, 5.41) is 0. The Bertz CT molecular complexity index is 398. The van der Waals surface area contributed by atoms with E-state index in [1.54, 1.807) is 6.08 Å². The Morgan fingerprint density at radius 3 is 2.33 bits per heavy atom. The van der Waals surface area contributed by atoms with Gasteiger partial charge in [0.2, 0.25) is 6.08 Å². The summed E-state index contributed by atoms with van der Waals surface area (Å²) in [6.07, 6.45) is 3.70. The molecule has 0 N–H and O–H groups in total. The van der Waals surface area contributed by atoms with Crippen molar-refractivity contribution in [2.24, 2.45) is 4.99 Å². The van der Waals surface area contributed by atoms with Crippen LogP contribution in [0.4, 0.5) is 0 Å². The summed E-state index contributed by atoms with van der Waals surface area (Å²) in [7, 11) is 0. The molecule has 0 heterocycles. The topological polar surface area (TPSA) is 29.4 Å². The molecule has 1 aromatic rings. The second-order valence-corrected chi connectivity index (χ2v) is 4.73. The Balaban J connectivity index is 2.39. The fraction of sp³-hybridized carbons (Fsp3) is 0.462. The van der Waals surface area contributed by atoms with Crippen molar-refractivity contribution in [1.29, 1.82) is 0 Å². The molecular formula is C13H15NO. The van der Waals surface area contributed by atoms with Crippen LogP contribution in [0.1, 0.15) is 32.3 Å². The summed E-state index contributed by atoms with van der Waals surface area (Å²) < 4.78 is 0. The van der Waals surface area contributed by atoms with Gasteiger partial charge >= 0.3 is 0 Å². The van der Waals surface area contributed by atoms with Crippen LogP contribution in [0, 0.1) is 0 Å². The lowest BCUT2D eigenvalue weighted by Crippen LogP contribution is -2.34. The highest BCUT2D eigenvalue weighted by molar-refractivity contribution is 5.41. The summed E-state index contributed by atoms with van der Waals surface area (Å²) in [6.45, 7) is 4.30. The van der Waals surface area contributed by atoms with E-state index in [4.69, 9.17) is 0 Å². The summed E-state index contributed by atoms with van der Waals surface area (Å²) in [5.41, 5.74) is 0.961. The van der Waals surface area contributed by atoms with Gasteiger partial charge in [-0.25, -0.2) is 4.79 Å². The first kappa shape index (κ1) is 10.1. The lowest BCUT2D eigenvalue weighted by atomic mass is 9.76. The number of hydrogen-bond donors (Lipinski definition) is 0. The van der Waals surface area contributed by atoms with E-state index in [0.717, 1.165) is 12.8 Å². The molecule has 0 bridgehead atoms. The zero-order chi connectivity index (χ0) is 10.9. The van der Waals surface area contributed by atoms with E-state index in [9.17, 15) is 4.79 Å². The second kappa shape index (κ2) is 3.32. The van der Waals surface area contributed by atoms with Crippen molar-refractivity contribution in [3.8, 4) is 0 Å². The fourth-order valence-corrected chi connectivity index (χ4v) is 2.21. The highest BCUT2D eigenvalue weighted by Crippen LogP contribution is 2.54. The molecule has 2 rings (SSSR count). The molecule has 78 valence electrons. The van der Waals surface area contributed by atoms with E-state index in [0.29, 0.717) is 0 Å². The van der Waals surface area contributed by atoms with Crippen molar-refractivity contribution in [1.82, 2.24) is 0 Å². The molecule has 0 spiro atoms. The van der Waals surface area contributed by atoms with E-state index in [1.807, 2.05) is 18.2 Å². The van der Waals surface area contributed by atoms with Crippen LogP contribution in [0.25, 0.3) is 0 Å². The molecule has 1 aliphatic rings. The minimum absolute atomic E-state index is 0.0777. The van der Waals surface area contributed by atoms with Crippen molar-refractivity contribution in [2.45, 2.75) is 37.6 Å². The van der Waals surface area contributed by atoms with Crippen molar-refractivity contribution >= 4 is 6.08 Å². The van der Waals surface area contributed by atoms with Gasteiger partial charge in [0.05, 0.1) is 5.54 Å². The normalized spacial score (nSPS) is 18.0. The molecule has 1 fully saturated rings. The van der Waals surface area contributed by atoms with Gasteiger partial charge < -0.3 is 0 Å². The van der Waals surface area contributed by atoms with Crippen LogP contribution in [0.2, 0.25) is 0 Å². The van der Waals surface area contributed by atoms with Gasteiger partial charge in [0.15, 0.2) is 0 Å². The van der Waals surface area contributed by atoms with Gasteiger partial charge in [0.25, 0.3) is 0 Å². The molecular weight excluding hydrogens is 186 g/mol. The van der Waals surface area contributed by atoms with Crippen LogP contribution in [0.5, 0.6) is 0 Å². The Labute approximate surface area is 90.0 Å². The molecule has 0 atom stereocenters. The first-order valence-corrected chi connectivity index (χ1v) is 5.27. The van der Waals surface area contributed by atoms with Gasteiger partial charge in [-0.15, -0.1) is 0 Å². The molecule has 0 aromatic heterocycles. The van der Waals surface area contributed by atoms with E-state index in [-0.39, 0.29) is 11.0 Å². The molecule has 1 saturated carbocycles. The van der Waals surface area contributed by atoms with Crippen LogP contribution in [0.3, 0.4) is 0 Å². The monoisotopic (exact) mass is 201 g/mol. The maximum absolute atomic E-state index is 10.4. The lowest BCUT2D eigenvalue weighted by molar-refractivity contribution is 0.391. The van der Waals surface area contributed by atoms with Gasteiger partial charge in [-0.1, -0.05) is 44.2 Å². The second-order valence-electron chi connectivity index (χ2n) is 4.73. The molecule has 1 aliphatic carbocycles. The summed E-state index contributed by atoms with van der Waals surface area (Å²) in [6, 6.07) is 10.2. The number of nitrogens with zero attached hydrogens (tertiary/aromatic N) is 1. The standard InChI is InChI=1S/C13H15NO/c1-12(2,11-6-4-3-5-7-11)13(8-9-13)14-10-15/h3-7H,8-9H2,1-2H3. The number of aliphatic imine (C=N–C) groups is 1. The molecule has 2 heteroatoms. The number of carbonyl (C=O) groups excluding carboxylic acids is 1. The van der Waals surface area contributed by atoms with Crippen molar-refractivity contribution < 1.29 is 4.79 Å². The number of isocyanates is 1. The fourth-order valence-electron chi connectivity index (χ4n) is 2.21. The van der Waals surface area contributed by atoms with E-state index in [1.165, 1.54) is 5.56 Å². The van der Waals surface area contributed by atoms with Crippen LogP contribution >= 0.6 is 0 Å². The van der Waals surface area contributed by atoms with Crippen molar-refractivity contribution in [3.63, 3.8) is 0 Å². The maximum atomic E-state index is 10.4. The highest BCUT2D eigenvalue weighted by atomic mass is 16.1. The van der Waals surface area contributed by atoms with Crippen LogP contribution < -0.4 is 0 Å². The third-order valence-electron chi connectivity index (χ3n) is 3.64. The Morgan fingerprint density at radius 2 is 1.87 bits per heavy atom. The molecule has 1 aromatic carbocycles. The minimum atomic E-state index is -0.198. The first-order valence-electron chi connectivity index (χ1n) is 5.27. The maximum Gasteiger partial charge on any atom is 0.235 e. The van der Waals surface area contributed by atoms with Crippen LogP contribution in [-0.4, -0.2) is 11.6 Å². The third kappa shape index (κ3) is 1.51. The SMILES string of the molecule is CC(C)(c1ccccc1)C1(N=C=O)CC1. The first-order chi connectivity index (χ1) is 7.12. The zero-order valence-corrected chi connectivity index (χ0v) is 9.16. The molecule has 0 radical (unpaired) electrons. The average molecular weight is 201 g/mol. The van der Waals surface area contributed by atoms with Crippen LogP contribution in [-0.2, 0) is 10.2 Å². The Morgan fingerprint density at radius 1 is 1.27 bits per heavy atom. The Kier molecular flexibility index (Phi) is 2.24. The number of benzene rings is 1. The number of rotatable bonds is 3. The summed E-state index contributed by atoms with van der Waals surface area (Å²) in [5.74, 6) is 0. The zero-order valence-electron chi connectivity index (χ0n) is 9.16. The minimum Gasteiger partial charge on any atom is -0.211 e. The highest BCUT2D eigenvalue weighted by Gasteiger charge is 2.55. The predicted molar refractivity (Wildman–Crippen MR) is 59.6 cm³/mol. The molecule has 15 heavy (non-hydrogen) atoms. The average Bonchev–Trinajstić information content (AvgIpc) is 3.01. The van der Waals surface area contributed by atoms with Gasteiger partial charge in [-0.3, -0.25) is 0 Å². The summed E-state index contributed by atoms with van der Waals surface area (Å²) in [4.78, 5) is 14.5. The lowest BCUT2D eigenvalue weighted by Gasteiger charge is -2.31. The quantitative estimate of drug-likeness (QED) is 0.546. The van der Waals surface area contributed by atoms with Gasteiger partial charge in [0.1, 0.15) is 0 Å². The third-order valence-corrected chi connectivity index (χ3v) is 3.64. The van der Waals surface area contributed by atoms with Gasteiger partial charge in [-0.05, 0) is 18.4 Å². The van der Waals surface area contributed by atoms with E-state index >= 15 is 0 Å². The molecule has 2 nitrogen and oxygen atoms in total. The molecule has 0 unspecified atom stereocenters. The van der Waals surface area contributed by atoms with Crippen molar-refractivity contribution in [2.75, 3.05) is 0 Å². The molecule has 0 saturated heterocycles. The van der Waals surface area contributed by atoms with E-state index < -0.39 is 0 Å². The molecule has 0 amide bonds. The Hall–Kier alpha value is -1.40. The van der Waals surface area contributed by atoms with Crippen molar-refractivity contribution in [3.05, 3.63) is 35.9 Å². The predicted octanol–water partition coefficient (Wildman–Crippen LogP) is 2.83. The number of hydrogen-bond acceptors (Lipinski definition) is 2. The van der Waals surface area contributed by atoms with Gasteiger partial charge in [-0.2, -0.15) is 4.99 Å². The van der Waals surface area contributed by atoms with Gasteiger partial charge in [0, 0.05) is 5.41 Å². The van der Waals surface area contributed by atoms with Crippen LogP contribution in [0.15, 0.2) is 35.3 Å². The summed E-state index contributed by atoms with van der Waals surface area (Å²) >= 11 is 0. The largest absolute Gasteiger partial charge is 0.235 e.